The van der Waals surface area contributed by atoms with Crippen molar-refractivity contribution in [3.8, 4) is 11.5 Å². The van der Waals surface area contributed by atoms with Gasteiger partial charge < -0.3 is 9.73 Å². The molecule has 0 unspecified atom stereocenters. The fourth-order valence-corrected chi connectivity index (χ4v) is 2.93. The van der Waals surface area contributed by atoms with Gasteiger partial charge >= 0.3 is 0 Å². The van der Waals surface area contributed by atoms with E-state index in [1.807, 2.05) is 39.0 Å². The number of nitrogens with one attached hydrogen (secondary N) is 1. The normalized spacial score (nSPS) is 11.1. The van der Waals surface area contributed by atoms with Crippen molar-refractivity contribution >= 4 is 17.4 Å². The fourth-order valence-electron chi connectivity index (χ4n) is 2.93. The molecule has 0 atom stereocenters. The van der Waals surface area contributed by atoms with Crippen LogP contribution in [-0.2, 0) is 11.2 Å². The van der Waals surface area contributed by atoms with Gasteiger partial charge in [-0.15, -0.1) is 5.10 Å². The van der Waals surface area contributed by atoms with Crippen LogP contribution >= 0.6 is 0 Å². The third kappa shape index (κ3) is 3.44. The Bertz CT molecular complexity index is 1130. The molecule has 1 amide bonds. The summed E-state index contributed by atoms with van der Waals surface area (Å²) in [7, 11) is 0. The minimum atomic E-state index is -0.103. The van der Waals surface area contributed by atoms with Crippen molar-refractivity contribution in [2.75, 3.05) is 5.32 Å². The summed E-state index contributed by atoms with van der Waals surface area (Å²) in [6, 6.07) is 9.62. The first-order chi connectivity index (χ1) is 13.0. The first kappa shape index (κ1) is 17.0. The molecule has 0 bridgehead atoms. The second-order valence-corrected chi connectivity index (χ2v) is 6.55. The maximum absolute atomic E-state index is 12.3. The molecular formula is C20H19N5O2. The number of aromatic nitrogens is 4. The highest BCUT2D eigenvalue weighted by Crippen LogP contribution is 2.21. The zero-order chi connectivity index (χ0) is 19.0. The van der Waals surface area contributed by atoms with Crippen molar-refractivity contribution in [1.29, 1.82) is 0 Å². The molecule has 0 radical (unpaired) electrons. The van der Waals surface area contributed by atoms with Gasteiger partial charge in [-0.1, -0.05) is 23.8 Å². The van der Waals surface area contributed by atoms with E-state index in [1.54, 1.807) is 23.0 Å². The maximum Gasteiger partial charge on any atom is 0.248 e. The van der Waals surface area contributed by atoms with Crippen LogP contribution in [-0.4, -0.2) is 25.5 Å². The number of rotatable bonds is 4. The van der Waals surface area contributed by atoms with E-state index in [-0.39, 0.29) is 5.91 Å². The molecule has 0 saturated carbocycles. The van der Waals surface area contributed by atoms with Gasteiger partial charge in [-0.3, -0.25) is 4.79 Å². The van der Waals surface area contributed by atoms with Crippen molar-refractivity contribution < 1.29 is 9.21 Å². The van der Waals surface area contributed by atoms with E-state index >= 15 is 0 Å². The molecule has 3 aromatic heterocycles. The third-order valence-corrected chi connectivity index (χ3v) is 4.40. The van der Waals surface area contributed by atoms with Crippen LogP contribution in [0.5, 0.6) is 0 Å². The summed E-state index contributed by atoms with van der Waals surface area (Å²) < 4.78 is 7.29. The number of fused-ring (bicyclic) bond motifs is 1. The summed E-state index contributed by atoms with van der Waals surface area (Å²) in [5, 5.41) is 7.19. The summed E-state index contributed by atoms with van der Waals surface area (Å²) in [6.45, 7) is 5.90. The highest BCUT2D eigenvalue weighted by Gasteiger charge is 2.12. The summed E-state index contributed by atoms with van der Waals surface area (Å²) in [5.74, 6) is 1.60. The molecule has 0 fully saturated rings. The number of pyridine rings is 1. The number of hydrogen-bond acceptors (Lipinski definition) is 5. The number of benzene rings is 1. The number of carbonyl (C=O) groups is 1. The van der Waals surface area contributed by atoms with E-state index in [9.17, 15) is 4.79 Å². The van der Waals surface area contributed by atoms with E-state index in [4.69, 9.17) is 4.42 Å². The van der Waals surface area contributed by atoms with Crippen molar-refractivity contribution in [3.05, 3.63) is 65.2 Å². The van der Waals surface area contributed by atoms with Crippen molar-refractivity contribution in [2.24, 2.45) is 0 Å². The number of nitrogens with zero attached hydrogens (tertiary/aromatic N) is 4. The van der Waals surface area contributed by atoms with Crippen LogP contribution in [0.15, 0.2) is 47.1 Å². The Labute approximate surface area is 156 Å². The summed E-state index contributed by atoms with van der Waals surface area (Å²) in [4.78, 5) is 20.7. The fraction of sp³-hybridized carbons (Fsp3) is 0.200. The van der Waals surface area contributed by atoms with E-state index in [2.05, 4.69) is 26.4 Å². The molecule has 4 rings (SSSR count). The van der Waals surface area contributed by atoms with E-state index < -0.39 is 0 Å². The topological polar surface area (TPSA) is 85.3 Å². The molecule has 3 heterocycles. The van der Waals surface area contributed by atoms with E-state index in [0.717, 1.165) is 22.5 Å². The Morgan fingerprint density at radius 1 is 1.11 bits per heavy atom. The predicted octanol–water partition coefficient (Wildman–Crippen LogP) is 3.49. The Balaban J connectivity index is 1.46. The van der Waals surface area contributed by atoms with Crippen molar-refractivity contribution in [2.45, 2.75) is 27.2 Å². The van der Waals surface area contributed by atoms with Gasteiger partial charge in [-0.2, -0.15) is 4.52 Å². The van der Waals surface area contributed by atoms with Crippen molar-refractivity contribution in [1.82, 2.24) is 19.6 Å². The highest BCUT2D eigenvalue weighted by atomic mass is 16.4. The number of aryl methyl sites for hydroxylation is 3. The highest BCUT2D eigenvalue weighted by molar-refractivity contribution is 5.91. The zero-order valence-electron chi connectivity index (χ0n) is 15.4. The zero-order valence-corrected chi connectivity index (χ0v) is 15.4. The third-order valence-electron chi connectivity index (χ3n) is 4.40. The van der Waals surface area contributed by atoms with Gasteiger partial charge in [0.1, 0.15) is 11.6 Å². The van der Waals surface area contributed by atoms with Crippen LogP contribution in [0.25, 0.3) is 17.2 Å². The Morgan fingerprint density at radius 3 is 2.67 bits per heavy atom. The van der Waals surface area contributed by atoms with Crippen LogP contribution < -0.4 is 5.32 Å². The average Bonchev–Trinajstić information content (AvgIpc) is 3.20. The molecule has 27 heavy (non-hydrogen) atoms. The minimum absolute atomic E-state index is 0.103. The number of carbonyl (C=O) groups excluding carboxylic acids is 1. The number of hydrogen-bond donors (Lipinski definition) is 1. The summed E-state index contributed by atoms with van der Waals surface area (Å²) >= 11 is 0. The van der Waals surface area contributed by atoms with Gasteiger partial charge in [0.25, 0.3) is 0 Å². The molecule has 0 saturated heterocycles. The molecule has 4 aromatic rings. The molecule has 0 aliphatic carbocycles. The standard InChI is InChI=1S/C20H19N5O2/c1-12-4-5-15(13(2)8-12)9-18(26)23-17-7-6-16(10-22-17)20-24-25-14(3)21-11-19(25)27-20/h4-8,10-11H,9H2,1-3H3,(H,22,23,26). The second kappa shape index (κ2) is 6.68. The first-order valence-corrected chi connectivity index (χ1v) is 8.63. The smallest absolute Gasteiger partial charge is 0.248 e. The van der Waals surface area contributed by atoms with Gasteiger partial charge in [0.05, 0.1) is 18.2 Å². The Kier molecular flexibility index (Phi) is 4.19. The predicted molar refractivity (Wildman–Crippen MR) is 101 cm³/mol. The van der Waals surface area contributed by atoms with Crippen molar-refractivity contribution in [3.63, 3.8) is 0 Å². The van der Waals surface area contributed by atoms with Crippen LogP contribution in [0.2, 0.25) is 0 Å². The summed E-state index contributed by atoms with van der Waals surface area (Å²) in [6.07, 6.45) is 3.56. The van der Waals surface area contributed by atoms with Crippen LogP contribution in [0.1, 0.15) is 22.5 Å². The molecule has 1 N–H and O–H groups in total. The van der Waals surface area contributed by atoms with E-state index in [1.165, 1.54) is 5.56 Å². The van der Waals surface area contributed by atoms with Gasteiger partial charge in [0.15, 0.2) is 0 Å². The molecule has 136 valence electrons. The van der Waals surface area contributed by atoms with E-state index in [0.29, 0.717) is 23.8 Å². The molecule has 7 nitrogen and oxygen atoms in total. The average molecular weight is 361 g/mol. The number of imidazole rings is 1. The number of anilines is 1. The monoisotopic (exact) mass is 361 g/mol. The quantitative estimate of drug-likeness (QED) is 0.601. The largest absolute Gasteiger partial charge is 0.417 e. The molecular weight excluding hydrogens is 342 g/mol. The van der Waals surface area contributed by atoms with Crippen LogP contribution in [0, 0.1) is 20.8 Å². The Morgan fingerprint density at radius 2 is 1.96 bits per heavy atom. The number of amides is 1. The molecule has 0 aliphatic heterocycles. The first-order valence-electron chi connectivity index (χ1n) is 8.63. The maximum atomic E-state index is 12.3. The molecule has 0 aliphatic rings. The summed E-state index contributed by atoms with van der Waals surface area (Å²) in [5.41, 5.74) is 4.61. The van der Waals surface area contributed by atoms with Gasteiger partial charge in [0, 0.05) is 6.20 Å². The lowest BCUT2D eigenvalue weighted by molar-refractivity contribution is -0.115. The molecule has 7 heteroatoms. The second-order valence-electron chi connectivity index (χ2n) is 6.55. The van der Waals surface area contributed by atoms with Gasteiger partial charge in [-0.25, -0.2) is 9.97 Å². The Hall–Kier alpha value is -3.48. The van der Waals surface area contributed by atoms with Gasteiger partial charge in [-0.05, 0) is 44.0 Å². The molecule has 1 aromatic carbocycles. The minimum Gasteiger partial charge on any atom is -0.417 e. The van der Waals surface area contributed by atoms with Crippen LogP contribution in [0.3, 0.4) is 0 Å². The SMILES string of the molecule is Cc1ccc(CC(=O)Nc2ccc(-c3nn4c(C)ncc4o3)cn2)c(C)c1. The van der Waals surface area contributed by atoms with Gasteiger partial charge in [0.2, 0.25) is 17.5 Å². The lowest BCUT2D eigenvalue weighted by Gasteiger charge is -2.08. The lowest BCUT2D eigenvalue weighted by atomic mass is 10.0. The lowest BCUT2D eigenvalue weighted by Crippen LogP contribution is -2.15. The van der Waals surface area contributed by atoms with Crippen LogP contribution in [0.4, 0.5) is 5.82 Å². The molecule has 0 spiro atoms.